The second-order valence-corrected chi connectivity index (χ2v) is 11.5. The first-order valence-electron chi connectivity index (χ1n) is 22.4. The minimum absolute atomic E-state index is 0.384. The molecule has 0 aliphatic carbocycles. The fourth-order valence-electron chi connectivity index (χ4n) is 4.18. The smallest absolute Gasteiger partial charge is 0.408 e. The quantitative estimate of drug-likeness (QED) is 0.279. The number of sulfonamides is 1. The Bertz CT molecular complexity index is 2240. The zero-order chi connectivity index (χ0) is 49.5. The van der Waals surface area contributed by atoms with Crippen LogP contribution < -0.4 is 9.47 Å². The molecule has 5 atom stereocenters. The Morgan fingerprint density at radius 3 is 2.53 bits per heavy atom. The molecule has 1 amide bonds. The molecule has 2 heterocycles. The van der Waals surface area contributed by atoms with Crippen LogP contribution in [0, 0.1) is 11.8 Å². The highest BCUT2D eigenvalue weighted by Crippen LogP contribution is 2.35. The molecule has 2 aromatic rings. The number of benzene rings is 2. The highest BCUT2D eigenvalue weighted by atomic mass is 32.2. The summed E-state index contributed by atoms with van der Waals surface area (Å²) in [6.45, 7) is -15.5. The summed E-state index contributed by atoms with van der Waals surface area (Å²) in [5.74, 6) is -5.05. The Kier molecular flexibility index (Phi) is 5.54. The average molecular weight is 674 g/mol. The van der Waals surface area contributed by atoms with Gasteiger partial charge >= 0.3 is 12.7 Å². The number of aliphatic hydroxyl groups is 1. The van der Waals surface area contributed by atoms with Gasteiger partial charge in [-0.3, -0.25) is 4.90 Å². The van der Waals surface area contributed by atoms with E-state index in [0.717, 1.165) is 12.3 Å². The maximum Gasteiger partial charge on any atom is 0.408 e. The monoisotopic (exact) mass is 673 g/mol. The van der Waals surface area contributed by atoms with Crippen LogP contribution in [0.3, 0.4) is 0 Å². The number of carbonyl (C=O) groups is 1. The van der Waals surface area contributed by atoms with E-state index < -0.39 is 167 Å². The number of hydrogen-bond acceptors (Lipinski definition) is 8. The fraction of sp³-hybridized carbons (Fsp3) is 0.516. The van der Waals surface area contributed by atoms with Crippen molar-refractivity contribution >= 4 is 16.1 Å². The summed E-state index contributed by atoms with van der Waals surface area (Å²) in [7, 11) is -5.82. The first kappa shape index (κ1) is 16.9. The first-order valence-corrected chi connectivity index (χ1v) is 14.3. The van der Waals surface area contributed by atoms with E-state index in [-0.39, 0.29) is 4.90 Å². The summed E-state index contributed by atoms with van der Waals surface area (Å²) in [5.41, 5.74) is -1.80. The van der Waals surface area contributed by atoms with E-state index in [1.54, 1.807) is 0 Å². The van der Waals surface area contributed by atoms with Crippen LogP contribution in [0.5, 0.6) is 11.5 Å². The molecule has 14 heteroatoms. The first-order chi connectivity index (χ1) is 28.8. The molecule has 45 heavy (non-hydrogen) atoms. The van der Waals surface area contributed by atoms with Gasteiger partial charge in [0, 0.05) is 26.7 Å². The summed E-state index contributed by atoms with van der Waals surface area (Å²) < 4.78 is 235. The molecular weight excluding hydrogens is 614 g/mol. The number of nitrogens with zero attached hydrogens (tertiary/aromatic N) is 2. The Labute approximate surface area is 288 Å². The van der Waals surface area contributed by atoms with Crippen molar-refractivity contribution in [3.8, 4) is 11.5 Å². The number of hydrogen-bond donors (Lipinski definition) is 2. The molecule has 2 aliphatic rings. The topological polar surface area (TPSA) is 135 Å². The Hall–Kier alpha value is -3.46. The predicted molar refractivity (Wildman–Crippen MR) is 159 cm³/mol. The van der Waals surface area contributed by atoms with E-state index in [1.165, 1.54) is 13.8 Å². The molecule has 11 nitrogen and oxygen atoms in total. The lowest BCUT2D eigenvalue weighted by Crippen LogP contribution is -2.57. The van der Waals surface area contributed by atoms with Crippen molar-refractivity contribution in [1.82, 2.24) is 9.21 Å². The highest BCUT2D eigenvalue weighted by Gasteiger charge is 2.48. The lowest BCUT2D eigenvalue weighted by Gasteiger charge is -2.39. The third-order valence-electron chi connectivity index (χ3n) is 6.00. The van der Waals surface area contributed by atoms with Crippen molar-refractivity contribution in [3.63, 3.8) is 0 Å². The zero-order valence-corrected chi connectivity index (χ0v) is 24.2. The number of alkyl halides is 2. The van der Waals surface area contributed by atoms with Crippen molar-refractivity contribution in [1.29, 1.82) is 0 Å². The molecular formula is C31H40F2N2O9S. The molecule has 1 fully saturated rings. The summed E-state index contributed by atoms with van der Waals surface area (Å²) in [5, 5.41) is 23.3. The van der Waals surface area contributed by atoms with Gasteiger partial charge in [0.05, 0.1) is 60.2 Å². The van der Waals surface area contributed by atoms with Gasteiger partial charge < -0.3 is 29.2 Å². The summed E-state index contributed by atoms with van der Waals surface area (Å²) in [6, 6.07) is -15.3. The van der Waals surface area contributed by atoms with Crippen LogP contribution in [0.2, 0.25) is 0 Å². The molecule has 0 bridgehead atoms. The van der Waals surface area contributed by atoms with E-state index in [1.807, 2.05) is 0 Å². The van der Waals surface area contributed by atoms with Crippen LogP contribution in [0.1, 0.15) is 59.2 Å². The largest absolute Gasteiger partial charge is 0.491 e. The van der Waals surface area contributed by atoms with Gasteiger partial charge in [-0.15, -0.1) is 0 Å². The standard InChI is InChI=1S/C31H40F2N2O9S/c1-19(2)16-34(45(39,40)24-11-9-23(10-12-24)44-30(32)33)17-28(36)26(15-21-5-7-22(8-6-21)43-20(3)4)35(31(37)38)27-18-42-29-25(27)13-14-41-29/h5-14,19-20,25-30,36H,15-18H2,1-4H3,(H,37,38)/t25-,26-,27?,28+,29-/m0/s1/i3D3,4D3,5D,6D,7D,8D,9D,11D,15D2,17D2,20D,26D,28D. The van der Waals surface area contributed by atoms with Crippen LogP contribution in [0.15, 0.2) is 65.6 Å². The Morgan fingerprint density at radius 1 is 1.18 bits per heavy atom. The van der Waals surface area contributed by atoms with E-state index in [0.29, 0.717) is 12.1 Å². The maximum absolute atomic E-state index is 14.5. The van der Waals surface area contributed by atoms with Crippen LogP contribution in [-0.2, 0) is 25.9 Å². The third kappa shape index (κ3) is 8.63. The van der Waals surface area contributed by atoms with Gasteiger partial charge in [-0.25, -0.2) is 13.2 Å². The summed E-state index contributed by atoms with van der Waals surface area (Å²) in [4.78, 5) is 11.7. The summed E-state index contributed by atoms with van der Waals surface area (Å²) >= 11 is 0. The summed E-state index contributed by atoms with van der Waals surface area (Å²) in [6.07, 6.45) is -15.2. The van der Waals surface area contributed by atoms with Gasteiger partial charge in [0.1, 0.15) is 11.5 Å². The molecule has 2 aromatic carbocycles. The van der Waals surface area contributed by atoms with E-state index in [4.69, 9.17) is 32.0 Å². The fourth-order valence-corrected chi connectivity index (χ4v) is 5.53. The SMILES string of the molecule is [2H]c1c(OC(F)F)ccc(S(=O)(=O)N(CC(C)C)C([2H])([2H])[C@@]([2H])(O)[C@@]([2H])(N(C(=O)O)C2CO[C@@H]3OC=C[C@@H]23)C([2H])([2H])c2c([2H])c([2H])c(OC([2H])(C([2H])([2H])[2H])C([2H])([2H])[2H])c([2H])c2[2H])c1[2H]. The minimum atomic E-state index is -5.82. The van der Waals surface area contributed by atoms with Crippen molar-refractivity contribution < 1.29 is 77.2 Å². The predicted octanol–water partition coefficient (Wildman–Crippen LogP) is 4.56. The molecule has 0 saturated carbocycles. The second-order valence-electron chi connectivity index (χ2n) is 9.65. The van der Waals surface area contributed by atoms with Gasteiger partial charge in [0.25, 0.3) is 0 Å². The molecule has 4 rings (SSSR count). The zero-order valence-electron chi connectivity index (χ0n) is 42.4. The average Bonchev–Trinajstić information content (AvgIpc) is 3.77. The number of rotatable bonds is 15. The van der Waals surface area contributed by atoms with Gasteiger partial charge in [-0.2, -0.15) is 13.1 Å². The molecule has 1 unspecified atom stereocenters. The lowest BCUT2D eigenvalue weighted by atomic mass is 9.94. The Balaban J connectivity index is 2.13. The molecule has 2 aliphatic heterocycles. The van der Waals surface area contributed by atoms with E-state index in [9.17, 15) is 40.4 Å². The van der Waals surface area contributed by atoms with Crippen LogP contribution in [0.25, 0.3) is 0 Å². The normalized spacial score (nSPS) is 29.8. The van der Waals surface area contributed by atoms with Crippen LogP contribution >= 0.6 is 0 Å². The molecule has 248 valence electrons. The second kappa shape index (κ2) is 14.8. The minimum Gasteiger partial charge on any atom is -0.491 e. The van der Waals surface area contributed by atoms with Gasteiger partial charge in [0.15, 0.2) is 0 Å². The van der Waals surface area contributed by atoms with Gasteiger partial charge in [-0.1, -0.05) is 25.9 Å². The molecule has 2 N–H and O–H groups in total. The van der Waals surface area contributed by atoms with Gasteiger partial charge in [0.2, 0.25) is 16.3 Å². The third-order valence-corrected chi connectivity index (χ3v) is 7.61. The molecule has 0 radical (unpaired) electrons. The van der Waals surface area contributed by atoms with Crippen LogP contribution in [0.4, 0.5) is 13.6 Å². The van der Waals surface area contributed by atoms with Crippen molar-refractivity contribution in [2.45, 2.75) is 75.9 Å². The molecule has 0 aromatic heterocycles. The highest BCUT2D eigenvalue weighted by molar-refractivity contribution is 7.89. The number of halogens is 2. The Morgan fingerprint density at radius 2 is 1.89 bits per heavy atom. The van der Waals surface area contributed by atoms with Gasteiger partial charge in [-0.05, 0) is 73.9 Å². The van der Waals surface area contributed by atoms with Crippen LogP contribution in [-0.4, -0.2) is 90.7 Å². The molecule has 0 spiro atoms. The number of carboxylic acid groups (broad SMARTS) is 1. The van der Waals surface area contributed by atoms with Crippen molar-refractivity contribution in [2.24, 2.45) is 11.8 Å². The van der Waals surface area contributed by atoms with E-state index >= 15 is 0 Å². The number of ether oxygens (including phenoxy) is 4. The molecule has 1 saturated heterocycles. The van der Waals surface area contributed by atoms with Crippen molar-refractivity contribution in [2.75, 3.05) is 19.6 Å². The van der Waals surface area contributed by atoms with E-state index in [2.05, 4.69) is 4.74 Å². The number of fused-ring (bicyclic) bond motifs is 1. The number of amides is 1. The maximum atomic E-state index is 14.5. The van der Waals surface area contributed by atoms with Crippen molar-refractivity contribution in [3.05, 3.63) is 66.3 Å². The lowest BCUT2D eigenvalue weighted by molar-refractivity contribution is -0.0690.